The maximum Gasteiger partial charge on any atom is 0.272 e. The molecule has 6 nitrogen and oxygen atoms in total. The van der Waals surface area contributed by atoms with Gasteiger partial charge in [0.1, 0.15) is 0 Å². The van der Waals surface area contributed by atoms with Crippen LogP contribution in [0.25, 0.3) is 0 Å². The number of carbonyl (C=O) groups excluding carboxylic acids is 1. The minimum atomic E-state index is -3.28. The number of hydrazine groups is 1. The summed E-state index contributed by atoms with van der Waals surface area (Å²) >= 11 is 5.52. The Balaban J connectivity index is 1.59. The van der Waals surface area contributed by atoms with E-state index in [0.29, 0.717) is 23.8 Å². The smallest absolute Gasteiger partial charge is 0.272 e. The molecule has 0 bridgehead atoms. The van der Waals surface area contributed by atoms with Gasteiger partial charge in [0, 0.05) is 31.5 Å². The molecule has 0 aromatic heterocycles. The molecule has 0 saturated carbocycles. The van der Waals surface area contributed by atoms with Crippen LogP contribution in [0.3, 0.4) is 0 Å². The van der Waals surface area contributed by atoms with Gasteiger partial charge >= 0.3 is 0 Å². The first-order valence-corrected chi connectivity index (χ1v) is 12.0. The zero-order valence-corrected chi connectivity index (χ0v) is 17.8. The van der Waals surface area contributed by atoms with Crippen LogP contribution in [0.2, 0.25) is 0 Å². The van der Waals surface area contributed by atoms with Gasteiger partial charge in [-0.05, 0) is 75.0 Å². The average molecular weight is 422 g/mol. The van der Waals surface area contributed by atoms with Crippen molar-refractivity contribution in [2.75, 3.05) is 25.9 Å². The van der Waals surface area contributed by atoms with Gasteiger partial charge in [-0.2, -0.15) is 0 Å². The van der Waals surface area contributed by atoms with Crippen molar-refractivity contribution in [3.8, 4) is 0 Å². The maximum atomic E-state index is 12.9. The number of nitrogens with one attached hydrogen (secondary N) is 1. The first-order chi connectivity index (χ1) is 13.4. The summed E-state index contributed by atoms with van der Waals surface area (Å²) < 4.78 is 23.2. The Morgan fingerprint density at radius 2 is 1.82 bits per heavy atom. The highest BCUT2D eigenvalue weighted by Crippen LogP contribution is 2.20. The van der Waals surface area contributed by atoms with E-state index in [0.717, 1.165) is 25.6 Å². The summed E-state index contributed by atoms with van der Waals surface area (Å²) in [5, 5.41) is 7.31. The van der Waals surface area contributed by atoms with E-state index >= 15 is 0 Å². The summed E-state index contributed by atoms with van der Waals surface area (Å²) in [6.07, 6.45) is 10.2. The molecule has 28 heavy (non-hydrogen) atoms. The van der Waals surface area contributed by atoms with Crippen LogP contribution < -0.4 is 5.32 Å². The molecule has 2 aliphatic rings. The number of nitrogens with zero attached hydrogens (tertiary/aromatic N) is 2. The molecule has 0 radical (unpaired) electrons. The van der Waals surface area contributed by atoms with E-state index < -0.39 is 9.84 Å². The fraction of sp³-hybridized carbons (Fsp3) is 0.500. The Labute approximate surface area is 172 Å². The molecule has 1 amide bonds. The van der Waals surface area contributed by atoms with Crippen LogP contribution in [-0.2, 0) is 9.84 Å². The van der Waals surface area contributed by atoms with E-state index in [1.807, 2.05) is 5.01 Å². The van der Waals surface area contributed by atoms with Gasteiger partial charge < -0.3 is 5.32 Å². The van der Waals surface area contributed by atoms with Gasteiger partial charge in [0.2, 0.25) is 0 Å². The van der Waals surface area contributed by atoms with Crippen LogP contribution in [0.15, 0.2) is 40.8 Å². The Morgan fingerprint density at radius 3 is 2.46 bits per heavy atom. The number of amides is 1. The van der Waals surface area contributed by atoms with E-state index in [-0.39, 0.29) is 10.8 Å². The molecule has 1 aliphatic carbocycles. The topological polar surface area (TPSA) is 69.7 Å². The molecule has 0 unspecified atom stereocenters. The number of hydrogen-bond donors (Lipinski definition) is 1. The Kier molecular flexibility index (Phi) is 6.72. The van der Waals surface area contributed by atoms with Crippen LogP contribution in [0, 0.1) is 0 Å². The number of carbonyl (C=O) groups is 1. The number of benzene rings is 1. The number of allylic oxidation sites excluding steroid dienone is 1. The normalized spacial score (nSPS) is 17.4. The van der Waals surface area contributed by atoms with Crippen LogP contribution >= 0.6 is 12.2 Å². The molecule has 1 saturated heterocycles. The lowest BCUT2D eigenvalue weighted by molar-refractivity contribution is 0.0492. The van der Waals surface area contributed by atoms with Crippen molar-refractivity contribution in [2.45, 2.75) is 43.4 Å². The Bertz CT molecular complexity index is 863. The summed E-state index contributed by atoms with van der Waals surface area (Å²) in [4.78, 5) is 13.1. The van der Waals surface area contributed by atoms with E-state index in [4.69, 9.17) is 12.2 Å². The van der Waals surface area contributed by atoms with Crippen LogP contribution in [0.4, 0.5) is 0 Å². The third-order valence-corrected chi connectivity index (χ3v) is 6.62. The second-order valence-electron chi connectivity index (χ2n) is 7.29. The minimum absolute atomic E-state index is 0.170. The first-order valence-electron chi connectivity index (χ1n) is 9.71. The van der Waals surface area contributed by atoms with Gasteiger partial charge in [-0.25, -0.2) is 13.4 Å². The first kappa shape index (κ1) is 20.8. The lowest BCUT2D eigenvalue weighted by atomic mass is 9.97. The van der Waals surface area contributed by atoms with E-state index in [1.54, 1.807) is 17.1 Å². The van der Waals surface area contributed by atoms with Gasteiger partial charge in [-0.1, -0.05) is 11.6 Å². The van der Waals surface area contributed by atoms with Gasteiger partial charge in [0.25, 0.3) is 5.91 Å². The molecule has 8 heteroatoms. The molecule has 1 N–H and O–H groups in total. The largest absolute Gasteiger partial charge is 0.361 e. The summed E-state index contributed by atoms with van der Waals surface area (Å²) in [5.74, 6) is -0.170. The summed E-state index contributed by atoms with van der Waals surface area (Å²) in [5.41, 5.74) is 1.94. The quantitative estimate of drug-likeness (QED) is 0.582. The van der Waals surface area contributed by atoms with Crippen molar-refractivity contribution in [2.24, 2.45) is 0 Å². The van der Waals surface area contributed by atoms with Crippen molar-refractivity contribution in [1.29, 1.82) is 0 Å². The summed E-state index contributed by atoms with van der Waals surface area (Å²) in [6.45, 7) is 2.06. The van der Waals surface area contributed by atoms with Gasteiger partial charge in [0.15, 0.2) is 14.9 Å². The van der Waals surface area contributed by atoms with Crippen molar-refractivity contribution >= 4 is 33.1 Å². The molecule has 1 aromatic carbocycles. The summed E-state index contributed by atoms with van der Waals surface area (Å²) in [7, 11) is -3.28. The molecule has 1 heterocycles. The highest BCUT2D eigenvalue weighted by Gasteiger charge is 2.29. The molecule has 0 spiro atoms. The van der Waals surface area contributed by atoms with Crippen molar-refractivity contribution in [1.82, 2.24) is 15.3 Å². The Hall–Kier alpha value is -1.93. The molecule has 1 aliphatic heterocycles. The maximum absolute atomic E-state index is 12.9. The monoisotopic (exact) mass is 421 g/mol. The highest BCUT2D eigenvalue weighted by atomic mass is 32.2. The lowest BCUT2D eigenvalue weighted by Crippen LogP contribution is -2.49. The third kappa shape index (κ3) is 5.11. The number of sulfone groups is 1. The predicted octanol–water partition coefficient (Wildman–Crippen LogP) is 2.92. The number of rotatable bonds is 5. The van der Waals surface area contributed by atoms with Crippen molar-refractivity contribution in [3.05, 3.63) is 41.5 Å². The minimum Gasteiger partial charge on any atom is -0.361 e. The van der Waals surface area contributed by atoms with Crippen LogP contribution in [-0.4, -0.2) is 55.3 Å². The second-order valence-corrected chi connectivity index (χ2v) is 9.69. The number of hydrogen-bond acceptors (Lipinski definition) is 4. The molecule has 1 fully saturated rings. The lowest BCUT2D eigenvalue weighted by Gasteiger charge is -2.30. The highest BCUT2D eigenvalue weighted by molar-refractivity contribution is 7.90. The van der Waals surface area contributed by atoms with Gasteiger partial charge in [0.05, 0.1) is 4.90 Å². The molecular formula is C20H27N3O3S2. The SMILES string of the molecule is CS(=O)(=O)c1ccc(C(=O)N2CCCN2C(=S)NCCC2=CCCCC2)cc1. The van der Waals surface area contributed by atoms with E-state index in [9.17, 15) is 13.2 Å². The summed E-state index contributed by atoms with van der Waals surface area (Å²) in [6, 6.07) is 6.05. The predicted molar refractivity (Wildman–Crippen MR) is 114 cm³/mol. The second kappa shape index (κ2) is 9.05. The van der Waals surface area contributed by atoms with Crippen molar-refractivity contribution < 1.29 is 13.2 Å². The zero-order chi connectivity index (χ0) is 20.1. The number of thiocarbonyl (C=S) groups is 1. The molecule has 3 rings (SSSR count). The molecule has 0 atom stereocenters. The molecule has 1 aromatic rings. The van der Waals surface area contributed by atoms with E-state index in [2.05, 4.69) is 11.4 Å². The zero-order valence-electron chi connectivity index (χ0n) is 16.2. The fourth-order valence-electron chi connectivity index (χ4n) is 3.58. The standard InChI is InChI=1S/C20H27N3O3S2/c1-28(25,26)18-10-8-17(9-11-18)19(24)22-14-5-15-23(22)20(27)21-13-12-16-6-3-2-4-7-16/h6,8-11H,2-5,7,12-15H2,1H3,(H,21,27). The van der Waals surface area contributed by atoms with Crippen molar-refractivity contribution in [3.63, 3.8) is 0 Å². The molecular weight excluding hydrogens is 394 g/mol. The van der Waals surface area contributed by atoms with E-state index in [1.165, 1.54) is 43.4 Å². The Morgan fingerprint density at radius 1 is 1.11 bits per heavy atom. The average Bonchev–Trinajstić information content (AvgIpc) is 3.17. The van der Waals surface area contributed by atoms with Crippen LogP contribution in [0.5, 0.6) is 0 Å². The van der Waals surface area contributed by atoms with Crippen LogP contribution in [0.1, 0.15) is 48.9 Å². The van der Waals surface area contributed by atoms with Gasteiger partial charge in [-0.3, -0.25) is 9.80 Å². The third-order valence-electron chi connectivity index (χ3n) is 5.14. The van der Waals surface area contributed by atoms with Gasteiger partial charge in [-0.15, -0.1) is 0 Å². The molecule has 152 valence electrons. The fourth-order valence-corrected chi connectivity index (χ4v) is 4.50.